The Kier molecular flexibility index (Phi) is 9.57. The van der Waals surface area contributed by atoms with Crippen LogP contribution in [0.4, 0.5) is 8.78 Å². The van der Waals surface area contributed by atoms with Gasteiger partial charge in [-0.15, -0.1) is 0 Å². The van der Waals surface area contributed by atoms with E-state index in [1.165, 1.54) is 43.6 Å². The van der Waals surface area contributed by atoms with Crippen molar-refractivity contribution in [2.75, 3.05) is 39.8 Å². The number of carbonyl (C=O) groups excluding carboxylic acids is 1. The summed E-state index contributed by atoms with van der Waals surface area (Å²) in [6, 6.07) is 19.6. The molecule has 2 aromatic carbocycles. The van der Waals surface area contributed by atoms with Crippen LogP contribution in [0.1, 0.15) is 54.2 Å². The van der Waals surface area contributed by atoms with Gasteiger partial charge in [-0.3, -0.25) is 14.2 Å². The number of piperazine rings is 1. The van der Waals surface area contributed by atoms with Crippen molar-refractivity contribution in [1.82, 2.24) is 33.3 Å². The molecule has 1 saturated heterocycles. The second-order valence-corrected chi connectivity index (χ2v) is 14.5. The zero-order valence-corrected chi connectivity index (χ0v) is 29.6. The Morgan fingerprint density at radius 1 is 0.849 bits per heavy atom. The van der Waals surface area contributed by atoms with Gasteiger partial charge < -0.3 is 14.2 Å². The lowest BCUT2D eigenvalue weighted by molar-refractivity contribution is 0.0938. The van der Waals surface area contributed by atoms with Gasteiger partial charge in [0, 0.05) is 57.6 Å². The Morgan fingerprint density at radius 3 is 2.40 bits per heavy atom. The fourth-order valence-electron chi connectivity index (χ4n) is 7.86. The molecule has 0 radical (unpaired) electrons. The summed E-state index contributed by atoms with van der Waals surface area (Å²) in [7, 11) is 2.16. The van der Waals surface area contributed by atoms with E-state index in [0.29, 0.717) is 37.0 Å². The third-order valence-electron chi connectivity index (χ3n) is 11.0. The maximum atomic E-state index is 14.6. The number of hydrogen-bond donors (Lipinski definition) is 0. The van der Waals surface area contributed by atoms with Crippen LogP contribution < -0.4 is 11.2 Å². The number of benzene rings is 2. The normalized spacial score (nSPS) is 18.5. The standard InChI is InChI=1S/C41H41F2N7O3/c1-46-17-19-47(20-18-46)16-15-27-5-9-29(10-6-27)30-3-2-4-34(22-30)49-39-35(23-32(43)24-44-39)40(52)50(41(49)53)33-12-7-28(8-13-33)21-37(51)36-26-48-25-31(42)11-14-38(48)45-36/h2-6,9-11,14,22-26,28,33H,7-8,12-13,15-21H2,1H3. The van der Waals surface area contributed by atoms with E-state index >= 15 is 0 Å². The third kappa shape index (κ3) is 7.21. The molecule has 0 amide bonds. The minimum atomic E-state index is -0.662. The molecular formula is C41H41F2N7O3. The first-order valence-corrected chi connectivity index (χ1v) is 18.3. The molecule has 2 aliphatic rings. The number of nitrogens with zero attached hydrogens (tertiary/aromatic N) is 7. The molecule has 2 fully saturated rings. The highest BCUT2D eigenvalue weighted by Gasteiger charge is 2.29. The monoisotopic (exact) mass is 717 g/mol. The number of ketones is 1. The van der Waals surface area contributed by atoms with E-state index in [-0.39, 0.29) is 34.8 Å². The van der Waals surface area contributed by atoms with Crippen molar-refractivity contribution in [2.45, 2.75) is 44.6 Å². The minimum Gasteiger partial charge on any atom is -0.304 e. The first-order valence-electron chi connectivity index (χ1n) is 18.3. The molecule has 8 rings (SSSR count). The van der Waals surface area contributed by atoms with E-state index in [4.69, 9.17) is 0 Å². The zero-order valence-electron chi connectivity index (χ0n) is 29.6. The van der Waals surface area contributed by atoms with Crippen molar-refractivity contribution in [3.8, 4) is 16.8 Å². The highest BCUT2D eigenvalue weighted by atomic mass is 19.1. The summed E-state index contributed by atoms with van der Waals surface area (Å²) in [6.45, 7) is 5.38. The molecular weight excluding hydrogens is 676 g/mol. The van der Waals surface area contributed by atoms with Crippen LogP contribution in [0.2, 0.25) is 0 Å². The Bertz CT molecular complexity index is 2420. The van der Waals surface area contributed by atoms with E-state index in [2.05, 4.69) is 51.1 Å². The van der Waals surface area contributed by atoms with E-state index in [0.717, 1.165) is 62.5 Å². The maximum absolute atomic E-state index is 14.6. The van der Waals surface area contributed by atoms with Gasteiger partial charge in [0.15, 0.2) is 11.4 Å². The van der Waals surface area contributed by atoms with Gasteiger partial charge in [0.25, 0.3) is 5.56 Å². The average Bonchev–Trinajstić information content (AvgIpc) is 3.60. The number of pyridine rings is 2. The van der Waals surface area contributed by atoms with Crippen molar-refractivity contribution in [3.63, 3.8) is 0 Å². The van der Waals surface area contributed by atoms with Gasteiger partial charge in [-0.05, 0) is 92.1 Å². The van der Waals surface area contributed by atoms with Gasteiger partial charge in [-0.2, -0.15) is 0 Å². The average molecular weight is 718 g/mol. The largest absolute Gasteiger partial charge is 0.337 e. The molecule has 4 aromatic heterocycles. The molecule has 6 aromatic rings. The summed E-state index contributed by atoms with van der Waals surface area (Å²) in [4.78, 5) is 54.8. The van der Waals surface area contributed by atoms with Crippen LogP contribution in [0, 0.1) is 17.6 Å². The highest BCUT2D eigenvalue weighted by Crippen LogP contribution is 2.34. The van der Waals surface area contributed by atoms with Crippen molar-refractivity contribution in [2.24, 2.45) is 5.92 Å². The van der Waals surface area contributed by atoms with Gasteiger partial charge in [-0.1, -0.05) is 36.4 Å². The second kappa shape index (κ2) is 14.6. The van der Waals surface area contributed by atoms with Gasteiger partial charge >= 0.3 is 5.69 Å². The molecule has 1 aliphatic heterocycles. The highest BCUT2D eigenvalue weighted by molar-refractivity contribution is 5.95. The summed E-state index contributed by atoms with van der Waals surface area (Å²) < 4.78 is 32.4. The lowest BCUT2D eigenvalue weighted by Crippen LogP contribution is -2.45. The van der Waals surface area contributed by atoms with Crippen LogP contribution in [0.5, 0.6) is 0 Å². The molecule has 0 atom stereocenters. The number of halogens is 2. The molecule has 0 unspecified atom stereocenters. The van der Waals surface area contributed by atoms with Crippen molar-refractivity contribution >= 4 is 22.5 Å². The van der Waals surface area contributed by atoms with Crippen LogP contribution in [0.15, 0.2) is 94.9 Å². The smallest absolute Gasteiger partial charge is 0.304 e. The van der Waals surface area contributed by atoms with Crippen LogP contribution >= 0.6 is 0 Å². The molecule has 10 nitrogen and oxygen atoms in total. The Morgan fingerprint density at radius 2 is 1.62 bits per heavy atom. The number of imidazole rings is 1. The summed E-state index contributed by atoms with van der Waals surface area (Å²) in [5.41, 5.74) is 3.43. The quantitative estimate of drug-likeness (QED) is 0.171. The fraction of sp³-hybridized carbons (Fsp3) is 0.341. The van der Waals surface area contributed by atoms with E-state index in [1.54, 1.807) is 6.07 Å². The van der Waals surface area contributed by atoms with Crippen molar-refractivity contribution < 1.29 is 13.6 Å². The van der Waals surface area contributed by atoms with Crippen molar-refractivity contribution in [1.29, 1.82) is 0 Å². The number of hydrogen-bond acceptors (Lipinski definition) is 7. The lowest BCUT2D eigenvalue weighted by Gasteiger charge is -2.32. The Balaban J connectivity index is 1.03. The summed E-state index contributed by atoms with van der Waals surface area (Å²) in [6.07, 6.45) is 7.30. The first kappa shape index (κ1) is 34.7. The second-order valence-electron chi connectivity index (χ2n) is 14.5. The van der Waals surface area contributed by atoms with Crippen molar-refractivity contribution in [3.05, 3.63) is 129 Å². The summed E-state index contributed by atoms with van der Waals surface area (Å²) in [5, 5.41) is 0.0280. The fourth-order valence-corrected chi connectivity index (χ4v) is 7.86. The van der Waals surface area contributed by atoms with Gasteiger partial charge in [-0.25, -0.2) is 28.1 Å². The number of carbonyl (C=O) groups is 1. The van der Waals surface area contributed by atoms with E-state index in [9.17, 15) is 23.2 Å². The summed E-state index contributed by atoms with van der Waals surface area (Å²) >= 11 is 0. The van der Waals surface area contributed by atoms with Gasteiger partial charge in [0.2, 0.25) is 0 Å². The summed E-state index contributed by atoms with van der Waals surface area (Å²) in [5.74, 6) is -1.18. The molecule has 272 valence electrons. The molecule has 12 heteroatoms. The third-order valence-corrected chi connectivity index (χ3v) is 11.0. The van der Waals surface area contributed by atoms with Crippen LogP contribution in [-0.2, 0) is 6.42 Å². The van der Waals surface area contributed by atoms with E-state index < -0.39 is 28.9 Å². The number of rotatable bonds is 9. The van der Waals surface area contributed by atoms with E-state index in [1.807, 2.05) is 18.2 Å². The predicted molar refractivity (Wildman–Crippen MR) is 200 cm³/mol. The minimum absolute atomic E-state index is 0.0280. The molecule has 53 heavy (non-hydrogen) atoms. The number of Topliss-reactive ketones (excluding diaryl/α,β-unsaturated/α-hetero) is 1. The molecule has 1 saturated carbocycles. The number of likely N-dealkylation sites (N-methyl/N-ethyl adjacent to an activating group) is 1. The molecule has 0 N–H and O–H groups in total. The van der Waals surface area contributed by atoms with Gasteiger partial charge in [0.05, 0.1) is 17.3 Å². The molecule has 1 aliphatic carbocycles. The van der Waals surface area contributed by atoms with Crippen LogP contribution in [0.3, 0.4) is 0 Å². The van der Waals surface area contributed by atoms with Crippen LogP contribution in [-0.4, -0.2) is 78.9 Å². The maximum Gasteiger partial charge on any atom is 0.337 e. The van der Waals surface area contributed by atoms with Gasteiger partial charge in [0.1, 0.15) is 23.0 Å². The SMILES string of the molecule is CN1CCN(CCc2ccc(-c3cccc(-n4c(=O)n(C5CCC(CC(=O)c6cn7cc(F)ccc7n6)CC5)c(=O)c5cc(F)cnc54)c3)cc2)CC1. The molecule has 0 bridgehead atoms. The first-order chi connectivity index (χ1) is 25.7. The molecule has 5 heterocycles. The Labute approximate surface area is 304 Å². The lowest BCUT2D eigenvalue weighted by atomic mass is 9.82. The number of aromatic nitrogens is 5. The predicted octanol–water partition coefficient (Wildman–Crippen LogP) is 5.93. The number of fused-ring (bicyclic) bond motifs is 2. The zero-order chi connectivity index (χ0) is 36.6. The molecule has 0 spiro atoms. The Hall–Kier alpha value is -5.33. The topological polar surface area (TPSA) is 97.7 Å². The van der Waals surface area contributed by atoms with Crippen LogP contribution in [0.25, 0.3) is 33.5 Å².